The number of amides is 2. The molecule has 1 aromatic heterocycles. The largest absolute Gasteiger partial charge is 0.506 e. The Balaban J connectivity index is 1.42. The molecule has 0 atom stereocenters. The zero-order valence-electron chi connectivity index (χ0n) is 14.3. The van der Waals surface area contributed by atoms with Gasteiger partial charge < -0.3 is 19.7 Å². The van der Waals surface area contributed by atoms with Gasteiger partial charge in [0.25, 0.3) is 5.91 Å². The minimum absolute atomic E-state index is 0.0231. The second kappa shape index (κ2) is 8.27. The van der Waals surface area contributed by atoms with Crippen LogP contribution >= 0.6 is 11.6 Å². The lowest BCUT2D eigenvalue weighted by molar-refractivity contribution is -0.122. The Morgan fingerprint density at radius 3 is 2.69 bits per heavy atom. The summed E-state index contributed by atoms with van der Waals surface area (Å²) in [5, 5.41) is 12.7. The van der Waals surface area contributed by atoms with Crippen LogP contribution in [0, 0.1) is 0 Å². The Labute approximate surface area is 156 Å². The molecular weight excluding hydrogens is 356 g/mol. The molecule has 0 radical (unpaired) electrons. The van der Waals surface area contributed by atoms with Crippen molar-refractivity contribution in [1.82, 2.24) is 10.2 Å². The Hall–Kier alpha value is -2.47. The summed E-state index contributed by atoms with van der Waals surface area (Å²) in [4.78, 5) is 26.1. The highest BCUT2D eigenvalue weighted by molar-refractivity contribution is 6.32. The van der Waals surface area contributed by atoms with E-state index in [2.05, 4.69) is 5.32 Å². The first-order valence-electron chi connectivity index (χ1n) is 8.62. The fourth-order valence-corrected chi connectivity index (χ4v) is 3.25. The molecule has 1 saturated heterocycles. The molecule has 1 aliphatic heterocycles. The molecule has 2 amide bonds. The quantitative estimate of drug-likeness (QED) is 0.840. The van der Waals surface area contributed by atoms with Gasteiger partial charge in [-0.25, -0.2) is 0 Å². The summed E-state index contributed by atoms with van der Waals surface area (Å²) in [5.74, 6) is 0.254. The van der Waals surface area contributed by atoms with Gasteiger partial charge >= 0.3 is 0 Å². The number of aromatic hydroxyl groups is 1. The topological polar surface area (TPSA) is 82.8 Å². The van der Waals surface area contributed by atoms with E-state index < -0.39 is 0 Å². The van der Waals surface area contributed by atoms with Gasteiger partial charge in [-0.05, 0) is 49.1 Å². The van der Waals surface area contributed by atoms with Crippen LogP contribution in [-0.4, -0.2) is 41.0 Å². The number of nitrogens with one attached hydrogen (secondary N) is 1. The second-order valence-electron chi connectivity index (χ2n) is 6.40. The Morgan fingerprint density at radius 2 is 2.04 bits per heavy atom. The van der Waals surface area contributed by atoms with Gasteiger partial charge in [0.15, 0.2) is 5.76 Å². The van der Waals surface area contributed by atoms with E-state index in [-0.39, 0.29) is 28.6 Å². The maximum atomic E-state index is 12.2. The van der Waals surface area contributed by atoms with Gasteiger partial charge in [-0.15, -0.1) is 0 Å². The van der Waals surface area contributed by atoms with Crippen molar-refractivity contribution in [2.24, 2.45) is 0 Å². The zero-order chi connectivity index (χ0) is 18.5. The number of carbonyl (C=O) groups excluding carboxylic acids is 2. The van der Waals surface area contributed by atoms with Crippen LogP contribution in [0.4, 0.5) is 0 Å². The number of furan rings is 1. The van der Waals surface area contributed by atoms with E-state index in [1.807, 2.05) is 0 Å². The summed E-state index contributed by atoms with van der Waals surface area (Å²) in [6, 6.07) is 8.39. The molecule has 6 nitrogen and oxygen atoms in total. The van der Waals surface area contributed by atoms with Crippen molar-refractivity contribution in [2.75, 3.05) is 13.1 Å². The molecule has 0 unspecified atom stereocenters. The van der Waals surface area contributed by atoms with Crippen LogP contribution in [0.5, 0.6) is 5.75 Å². The molecule has 2 heterocycles. The fraction of sp³-hybridized carbons (Fsp3) is 0.368. The number of hydrogen-bond donors (Lipinski definition) is 2. The zero-order valence-corrected chi connectivity index (χ0v) is 15.0. The van der Waals surface area contributed by atoms with Crippen molar-refractivity contribution >= 4 is 23.4 Å². The monoisotopic (exact) mass is 376 g/mol. The van der Waals surface area contributed by atoms with Crippen molar-refractivity contribution in [3.8, 4) is 5.75 Å². The molecule has 138 valence electrons. The van der Waals surface area contributed by atoms with Crippen molar-refractivity contribution < 1.29 is 19.1 Å². The lowest BCUT2D eigenvalue weighted by Crippen LogP contribution is -2.46. The Bertz CT molecular complexity index is 768. The molecule has 1 aliphatic rings. The predicted octanol–water partition coefficient (Wildman–Crippen LogP) is 2.99. The first-order chi connectivity index (χ1) is 12.5. The number of rotatable bonds is 5. The maximum Gasteiger partial charge on any atom is 0.289 e. The molecule has 2 aromatic rings. The van der Waals surface area contributed by atoms with Crippen LogP contribution in [0.3, 0.4) is 0 Å². The SMILES string of the molecule is O=C(CCc1ccc(O)c(Cl)c1)NC1CCN(C(=O)c2ccco2)CC1. The van der Waals surface area contributed by atoms with Crippen LogP contribution in [-0.2, 0) is 11.2 Å². The number of hydrogen-bond acceptors (Lipinski definition) is 4. The standard InChI is InChI=1S/C19H21ClN2O4/c20-15-12-13(3-5-16(15)23)4-6-18(24)21-14-7-9-22(10-8-14)19(25)17-2-1-11-26-17/h1-3,5,11-12,14,23H,4,6-10H2,(H,21,24). The first kappa shape index (κ1) is 18.3. The Kier molecular flexibility index (Phi) is 5.83. The number of phenolic OH excluding ortho intramolecular Hbond substituents is 1. The normalized spacial score (nSPS) is 15.0. The molecule has 0 bridgehead atoms. The number of halogens is 1. The Morgan fingerprint density at radius 1 is 1.27 bits per heavy atom. The molecule has 0 aliphatic carbocycles. The summed E-state index contributed by atoms with van der Waals surface area (Å²) in [7, 11) is 0. The molecule has 3 rings (SSSR count). The lowest BCUT2D eigenvalue weighted by atomic mass is 10.0. The fourth-order valence-electron chi connectivity index (χ4n) is 3.05. The minimum atomic E-state index is -0.107. The lowest BCUT2D eigenvalue weighted by Gasteiger charge is -2.31. The van der Waals surface area contributed by atoms with Crippen molar-refractivity contribution in [2.45, 2.75) is 31.7 Å². The average Bonchev–Trinajstić information content (AvgIpc) is 3.17. The van der Waals surface area contributed by atoms with Crippen LogP contribution in [0.15, 0.2) is 41.0 Å². The molecule has 2 N–H and O–H groups in total. The van der Waals surface area contributed by atoms with Crippen molar-refractivity contribution in [3.05, 3.63) is 52.9 Å². The predicted molar refractivity (Wildman–Crippen MR) is 97.2 cm³/mol. The highest BCUT2D eigenvalue weighted by Gasteiger charge is 2.25. The third-order valence-corrected chi connectivity index (χ3v) is 4.83. The maximum absolute atomic E-state index is 12.2. The smallest absolute Gasteiger partial charge is 0.289 e. The van der Waals surface area contributed by atoms with E-state index in [1.54, 1.807) is 29.2 Å². The van der Waals surface area contributed by atoms with Crippen LogP contribution in [0.1, 0.15) is 35.4 Å². The average molecular weight is 377 g/mol. The first-order valence-corrected chi connectivity index (χ1v) is 9.00. The number of phenols is 1. The van der Waals surface area contributed by atoms with E-state index in [0.29, 0.717) is 31.7 Å². The highest BCUT2D eigenvalue weighted by atomic mass is 35.5. The van der Waals surface area contributed by atoms with Gasteiger partial charge in [-0.3, -0.25) is 9.59 Å². The number of benzene rings is 1. The summed E-state index contributed by atoms with van der Waals surface area (Å²) >= 11 is 5.87. The molecular formula is C19H21ClN2O4. The van der Waals surface area contributed by atoms with E-state index >= 15 is 0 Å². The molecule has 0 saturated carbocycles. The highest BCUT2D eigenvalue weighted by Crippen LogP contribution is 2.24. The van der Waals surface area contributed by atoms with Gasteiger partial charge in [0.1, 0.15) is 5.75 Å². The number of aryl methyl sites for hydroxylation is 1. The number of likely N-dealkylation sites (tertiary alicyclic amines) is 1. The molecule has 7 heteroatoms. The summed E-state index contributed by atoms with van der Waals surface area (Å²) < 4.78 is 5.14. The van der Waals surface area contributed by atoms with Gasteiger partial charge in [-0.2, -0.15) is 0 Å². The third kappa shape index (κ3) is 4.58. The molecule has 1 aromatic carbocycles. The summed E-state index contributed by atoms with van der Waals surface area (Å²) in [6.45, 7) is 1.19. The number of piperidine rings is 1. The molecule has 0 spiro atoms. The van der Waals surface area contributed by atoms with Gasteiger partial charge in [-0.1, -0.05) is 17.7 Å². The van der Waals surface area contributed by atoms with Crippen molar-refractivity contribution in [1.29, 1.82) is 0 Å². The second-order valence-corrected chi connectivity index (χ2v) is 6.80. The third-order valence-electron chi connectivity index (χ3n) is 4.53. The van der Waals surface area contributed by atoms with Gasteiger partial charge in [0, 0.05) is 25.6 Å². The number of carbonyl (C=O) groups is 2. The van der Waals surface area contributed by atoms with Crippen LogP contribution in [0.25, 0.3) is 0 Å². The molecule has 26 heavy (non-hydrogen) atoms. The van der Waals surface area contributed by atoms with Gasteiger partial charge in [0.05, 0.1) is 11.3 Å². The summed E-state index contributed by atoms with van der Waals surface area (Å²) in [5.41, 5.74) is 0.904. The minimum Gasteiger partial charge on any atom is -0.506 e. The van der Waals surface area contributed by atoms with Crippen LogP contribution < -0.4 is 5.32 Å². The van der Waals surface area contributed by atoms with E-state index in [9.17, 15) is 14.7 Å². The van der Waals surface area contributed by atoms with Crippen LogP contribution in [0.2, 0.25) is 5.02 Å². The van der Waals surface area contributed by atoms with Gasteiger partial charge in [0.2, 0.25) is 5.91 Å². The van der Waals surface area contributed by atoms with E-state index in [1.165, 1.54) is 12.3 Å². The number of nitrogens with zero attached hydrogens (tertiary/aromatic N) is 1. The van der Waals surface area contributed by atoms with E-state index in [0.717, 1.165) is 18.4 Å². The summed E-state index contributed by atoms with van der Waals surface area (Å²) in [6.07, 6.45) is 3.85. The van der Waals surface area contributed by atoms with Crippen molar-refractivity contribution in [3.63, 3.8) is 0 Å². The molecule has 1 fully saturated rings. The van der Waals surface area contributed by atoms with E-state index in [4.69, 9.17) is 16.0 Å².